The van der Waals surface area contributed by atoms with E-state index in [0.29, 0.717) is 35.5 Å². The van der Waals surface area contributed by atoms with Crippen molar-refractivity contribution in [1.29, 1.82) is 0 Å². The molecule has 1 unspecified atom stereocenters. The highest BCUT2D eigenvalue weighted by Crippen LogP contribution is 2.32. The molecule has 0 aromatic heterocycles. The lowest BCUT2D eigenvalue weighted by molar-refractivity contribution is -0.139. The summed E-state index contributed by atoms with van der Waals surface area (Å²) in [4.78, 5) is 39.0. The Bertz CT molecular complexity index is 788. The number of nitrogens with one attached hydrogen (secondary N) is 2. The largest absolute Gasteiger partial charge is 0.463 e. The fourth-order valence-electron chi connectivity index (χ4n) is 3.35. The molecule has 2 N–H and O–H groups in total. The summed E-state index contributed by atoms with van der Waals surface area (Å²) < 4.78 is 5.26. The lowest BCUT2D eigenvalue weighted by Crippen LogP contribution is -2.48. The van der Waals surface area contributed by atoms with Crippen LogP contribution in [0.2, 0.25) is 0 Å². The van der Waals surface area contributed by atoms with Crippen molar-refractivity contribution in [1.82, 2.24) is 10.2 Å². The molecular formula is C22H31N3O4. The first-order valence-electron chi connectivity index (χ1n) is 10.3. The van der Waals surface area contributed by atoms with Gasteiger partial charge < -0.3 is 15.4 Å². The van der Waals surface area contributed by atoms with Crippen LogP contribution in [0.3, 0.4) is 0 Å². The summed E-state index contributed by atoms with van der Waals surface area (Å²) in [7, 11) is 0. The topological polar surface area (TPSA) is 87.7 Å². The fourth-order valence-corrected chi connectivity index (χ4v) is 3.35. The van der Waals surface area contributed by atoms with Crippen molar-refractivity contribution in [3.05, 3.63) is 41.1 Å². The van der Waals surface area contributed by atoms with Crippen LogP contribution in [0.4, 0.5) is 10.5 Å². The van der Waals surface area contributed by atoms with Gasteiger partial charge in [0, 0.05) is 24.4 Å². The molecule has 0 bridgehead atoms. The van der Waals surface area contributed by atoms with Gasteiger partial charge in [0.25, 0.3) is 0 Å². The van der Waals surface area contributed by atoms with Crippen LogP contribution in [-0.2, 0) is 14.3 Å². The molecule has 1 aliphatic rings. The van der Waals surface area contributed by atoms with E-state index in [9.17, 15) is 14.4 Å². The molecule has 0 spiro atoms. The van der Waals surface area contributed by atoms with Crippen molar-refractivity contribution in [2.45, 2.75) is 59.4 Å². The molecule has 7 nitrogen and oxygen atoms in total. The molecule has 2 rings (SSSR count). The molecule has 0 radical (unpaired) electrons. The molecule has 0 aliphatic carbocycles. The molecule has 1 atom stereocenters. The van der Waals surface area contributed by atoms with E-state index in [1.54, 1.807) is 36.9 Å². The maximum absolute atomic E-state index is 12.7. The predicted molar refractivity (Wildman–Crippen MR) is 112 cm³/mol. The van der Waals surface area contributed by atoms with Crippen LogP contribution in [0.15, 0.2) is 35.5 Å². The third-order valence-corrected chi connectivity index (χ3v) is 4.80. The third-order valence-electron chi connectivity index (χ3n) is 4.80. The van der Waals surface area contributed by atoms with E-state index in [1.807, 2.05) is 19.9 Å². The molecule has 1 aromatic carbocycles. The smallest absolute Gasteiger partial charge is 0.338 e. The second-order valence-corrected chi connectivity index (χ2v) is 7.03. The Morgan fingerprint density at radius 1 is 1.21 bits per heavy atom. The van der Waals surface area contributed by atoms with Crippen LogP contribution < -0.4 is 10.6 Å². The number of urea groups is 1. The molecule has 0 saturated carbocycles. The van der Waals surface area contributed by atoms with Gasteiger partial charge in [0.15, 0.2) is 0 Å². The molecule has 0 fully saturated rings. The summed E-state index contributed by atoms with van der Waals surface area (Å²) in [5.74, 6) is -0.503. The molecule has 1 aliphatic heterocycles. The van der Waals surface area contributed by atoms with E-state index in [2.05, 4.69) is 10.6 Å². The van der Waals surface area contributed by atoms with Crippen molar-refractivity contribution >= 4 is 23.6 Å². The summed E-state index contributed by atoms with van der Waals surface area (Å²) >= 11 is 0. The summed E-state index contributed by atoms with van der Waals surface area (Å²) in [6, 6.07) is 6.32. The minimum atomic E-state index is -0.637. The number of hydrogen-bond acceptors (Lipinski definition) is 4. The van der Waals surface area contributed by atoms with Gasteiger partial charge in [-0.2, -0.15) is 0 Å². The number of allylic oxidation sites excluding steroid dienone is 1. The number of hydrogen-bond donors (Lipinski definition) is 2. The number of nitrogens with zero attached hydrogens (tertiary/aromatic N) is 1. The average molecular weight is 402 g/mol. The number of carbonyl (C=O) groups is 3. The normalized spacial score (nSPS) is 16.5. The minimum Gasteiger partial charge on any atom is -0.463 e. The Labute approximate surface area is 172 Å². The fraction of sp³-hybridized carbons (Fsp3) is 0.500. The van der Waals surface area contributed by atoms with Gasteiger partial charge in [0.05, 0.1) is 18.2 Å². The van der Waals surface area contributed by atoms with Gasteiger partial charge in [-0.1, -0.05) is 32.4 Å². The maximum atomic E-state index is 12.7. The molecule has 7 heteroatoms. The van der Waals surface area contributed by atoms with Gasteiger partial charge in [0.2, 0.25) is 5.91 Å². The first-order valence-corrected chi connectivity index (χ1v) is 10.3. The van der Waals surface area contributed by atoms with Gasteiger partial charge in [-0.3, -0.25) is 9.69 Å². The van der Waals surface area contributed by atoms with Gasteiger partial charge in [-0.25, -0.2) is 9.59 Å². The van der Waals surface area contributed by atoms with E-state index < -0.39 is 12.0 Å². The summed E-state index contributed by atoms with van der Waals surface area (Å²) in [5.41, 5.74) is 2.35. The van der Waals surface area contributed by atoms with E-state index in [1.165, 1.54) is 0 Å². The lowest BCUT2D eigenvalue weighted by Gasteiger charge is -2.35. The zero-order valence-electron chi connectivity index (χ0n) is 17.7. The first kappa shape index (κ1) is 22.5. The third kappa shape index (κ3) is 5.59. The number of amides is 3. The quantitative estimate of drug-likeness (QED) is 0.609. The Balaban J connectivity index is 2.37. The van der Waals surface area contributed by atoms with Crippen LogP contribution >= 0.6 is 0 Å². The highest BCUT2D eigenvalue weighted by atomic mass is 16.5. The maximum Gasteiger partial charge on any atom is 0.338 e. The molecule has 3 amide bonds. The van der Waals surface area contributed by atoms with E-state index >= 15 is 0 Å². The minimum absolute atomic E-state index is 0.0526. The molecule has 158 valence electrons. The van der Waals surface area contributed by atoms with E-state index in [0.717, 1.165) is 19.3 Å². The number of anilines is 1. The second-order valence-electron chi connectivity index (χ2n) is 7.03. The lowest BCUT2D eigenvalue weighted by atomic mass is 9.94. The Morgan fingerprint density at radius 3 is 2.62 bits per heavy atom. The monoisotopic (exact) mass is 401 g/mol. The van der Waals surface area contributed by atoms with Crippen LogP contribution in [0.5, 0.6) is 0 Å². The molecule has 1 aromatic rings. The number of benzene rings is 1. The summed E-state index contributed by atoms with van der Waals surface area (Å²) in [5, 5.41) is 5.80. The van der Waals surface area contributed by atoms with Crippen molar-refractivity contribution < 1.29 is 19.1 Å². The Morgan fingerprint density at radius 2 is 1.97 bits per heavy atom. The zero-order chi connectivity index (χ0) is 21.4. The zero-order valence-corrected chi connectivity index (χ0v) is 17.7. The van der Waals surface area contributed by atoms with Crippen LogP contribution in [0.25, 0.3) is 0 Å². The number of ether oxygens (including phenoxy) is 1. The first-order chi connectivity index (χ1) is 13.9. The molecular weight excluding hydrogens is 370 g/mol. The second kappa shape index (κ2) is 10.6. The molecule has 1 heterocycles. The van der Waals surface area contributed by atoms with Crippen molar-refractivity contribution in [2.75, 3.05) is 18.5 Å². The number of unbranched alkanes of at least 4 members (excludes halogenated alkanes) is 1. The van der Waals surface area contributed by atoms with Crippen molar-refractivity contribution in [3.8, 4) is 0 Å². The van der Waals surface area contributed by atoms with Gasteiger partial charge >= 0.3 is 12.0 Å². The highest BCUT2D eigenvalue weighted by Gasteiger charge is 2.36. The SMILES string of the molecule is CCCCC(=O)Nc1cccc(C2NC(=O)N(CCC)C(C)=C2C(=O)OCC)c1. The van der Waals surface area contributed by atoms with E-state index in [4.69, 9.17) is 4.74 Å². The average Bonchev–Trinajstić information content (AvgIpc) is 2.69. The Kier molecular flexibility index (Phi) is 8.24. The Hall–Kier alpha value is -2.83. The summed E-state index contributed by atoms with van der Waals surface area (Å²) in [6.07, 6.45) is 3.00. The van der Waals surface area contributed by atoms with Gasteiger partial charge in [-0.05, 0) is 44.4 Å². The standard InChI is InChI=1S/C22H31N3O4/c1-5-8-12-18(26)23-17-11-9-10-16(14-17)20-19(21(27)29-7-3)15(4)25(13-6-2)22(28)24-20/h9-11,14,20H,5-8,12-13H2,1-4H3,(H,23,26)(H,24,28). The molecule has 0 saturated heterocycles. The van der Waals surface area contributed by atoms with Gasteiger partial charge in [-0.15, -0.1) is 0 Å². The van der Waals surface area contributed by atoms with Gasteiger partial charge in [0.1, 0.15) is 0 Å². The predicted octanol–water partition coefficient (Wildman–Crippen LogP) is 4.13. The van der Waals surface area contributed by atoms with Crippen molar-refractivity contribution in [3.63, 3.8) is 0 Å². The van der Waals surface area contributed by atoms with Crippen molar-refractivity contribution in [2.24, 2.45) is 0 Å². The number of rotatable bonds is 9. The van der Waals surface area contributed by atoms with Crippen LogP contribution in [-0.4, -0.2) is 36.0 Å². The van der Waals surface area contributed by atoms with E-state index in [-0.39, 0.29) is 18.5 Å². The van der Waals surface area contributed by atoms with Crippen LogP contribution in [0, 0.1) is 0 Å². The molecule has 29 heavy (non-hydrogen) atoms. The number of carbonyl (C=O) groups excluding carboxylic acids is 3. The van der Waals surface area contributed by atoms with Crippen LogP contribution in [0.1, 0.15) is 65.0 Å². The highest BCUT2D eigenvalue weighted by molar-refractivity contribution is 5.95. The summed E-state index contributed by atoms with van der Waals surface area (Å²) in [6.45, 7) is 8.29. The number of esters is 1.